The zero-order valence-electron chi connectivity index (χ0n) is 24.9. The molecule has 1 fully saturated rings. The molecular weight excluding hydrogens is 604 g/mol. The van der Waals surface area contributed by atoms with Gasteiger partial charge in [0.1, 0.15) is 5.75 Å². The van der Waals surface area contributed by atoms with E-state index >= 15 is 0 Å². The summed E-state index contributed by atoms with van der Waals surface area (Å²) in [5.41, 5.74) is -1.37. The van der Waals surface area contributed by atoms with E-state index in [1.807, 2.05) is 13.0 Å². The zero-order chi connectivity index (χ0) is 33.4. The van der Waals surface area contributed by atoms with Gasteiger partial charge in [0.2, 0.25) is 11.8 Å². The van der Waals surface area contributed by atoms with Crippen LogP contribution in [0, 0.1) is 23.7 Å². The predicted molar refractivity (Wildman–Crippen MR) is 155 cm³/mol. The van der Waals surface area contributed by atoms with Crippen molar-refractivity contribution in [1.82, 2.24) is 0 Å². The maximum Gasteiger partial charge on any atom is 0.416 e. The summed E-state index contributed by atoms with van der Waals surface area (Å²) < 4.78 is 81.4. The van der Waals surface area contributed by atoms with Crippen LogP contribution in [0.2, 0.25) is 0 Å². The molecule has 2 aromatic carbocycles. The number of imide groups is 1. The molecule has 12 heteroatoms. The lowest BCUT2D eigenvalue weighted by atomic mass is 9.66. The molecule has 2 amide bonds. The van der Waals surface area contributed by atoms with Crippen LogP contribution in [0.1, 0.15) is 63.1 Å². The number of phenolic OH excluding ortho intramolecular Hbond substituents is 1. The minimum atomic E-state index is -5.18. The fraction of sp³-hybridized carbons (Fsp3) is 0.455. The Hall–Kier alpha value is -3.64. The van der Waals surface area contributed by atoms with Crippen LogP contribution in [0.3, 0.4) is 0 Å². The minimum absolute atomic E-state index is 0.0403. The summed E-state index contributed by atoms with van der Waals surface area (Å²) in [5.74, 6) is -5.59. The Kier molecular flexibility index (Phi) is 9.89. The number of aliphatic hydroxyl groups excluding tert-OH is 2. The first kappa shape index (κ1) is 34.2. The summed E-state index contributed by atoms with van der Waals surface area (Å²) in [4.78, 5) is 27.7. The van der Waals surface area contributed by atoms with Gasteiger partial charge in [-0.1, -0.05) is 50.1 Å². The lowest BCUT2D eigenvalue weighted by Crippen LogP contribution is -2.40. The molecule has 2 aliphatic rings. The van der Waals surface area contributed by atoms with Crippen molar-refractivity contribution in [3.05, 3.63) is 75.9 Å². The first-order valence-corrected chi connectivity index (χ1v) is 14.6. The molecule has 244 valence electrons. The van der Waals surface area contributed by atoms with E-state index in [0.717, 1.165) is 11.1 Å². The Balaban J connectivity index is 1.68. The van der Waals surface area contributed by atoms with Gasteiger partial charge in [-0.3, -0.25) is 9.59 Å². The largest absolute Gasteiger partial charge is 0.508 e. The molecule has 0 saturated carbocycles. The van der Waals surface area contributed by atoms with Gasteiger partial charge in [-0.2, -0.15) is 26.3 Å². The van der Waals surface area contributed by atoms with Crippen LogP contribution < -0.4 is 4.90 Å². The van der Waals surface area contributed by atoms with Gasteiger partial charge >= 0.3 is 12.4 Å². The minimum Gasteiger partial charge on any atom is -0.508 e. The van der Waals surface area contributed by atoms with Crippen LogP contribution in [0.4, 0.5) is 32.0 Å². The number of fused-ring (bicyclic) bond motifs is 1. The third-order valence-electron chi connectivity index (χ3n) is 8.66. The SMILES string of the molecule is CC/C(=C\c1ccc(O)cc1)CC[C@@H](O)C1=C(C(C)C)C[C@H]2C(=O)N(c3cc(C(F)(F)F)cc(C(F)(F)F)c3)C(=O)[C@H]2[C@H]1CO. The van der Waals surface area contributed by atoms with E-state index in [4.69, 9.17) is 0 Å². The number of amides is 2. The first-order chi connectivity index (χ1) is 21.0. The first-order valence-electron chi connectivity index (χ1n) is 14.6. The molecule has 45 heavy (non-hydrogen) atoms. The smallest absolute Gasteiger partial charge is 0.416 e. The maximum atomic E-state index is 13.7. The molecule has 1 heterocycles. The molecule has 1 aliphatic heterocycles. The average molecular weight is 640 g/mol. The van der Waals surface area contributed by atoms with E-state index in [-0.39, 0.29) is 30.6 Å². The van der Waals surface area contributed by atoms with Crippen LogP contribution in [-0.4, -0.2) is 39.8 Å². The Morgan fingerprint density at radius 1 is 0.978 bits per heavy atom. The summed E-state index contributed by atoms with van der Waals surface area (Å²) in [7, 11) is 0. The van der Waals surface area contributed by atoms with Gasteiger partial charge in [-0.25, -0.2) is 4.90 Å². The van der Waals surface area contributed by atoms with Crippen LogP contribution in [0.15, 0.2) is 59.2 Å². The van der Waals surface area contributed by atoms with Crippen LogP contribution in [0.25, 0.3) is 6.08 Å². The molecular formula is C33H35F6NO5. The summed E-state index contributed by atoms with van der Waals surface area (Å²) >= 11 is 0. The maximum absolute atomic E-state index is 13.7. The summed E-state index contributed by atoms with van der Waals surface area (Å²) in [6.07, 6.45) is -8.34. The van der Waals surface area contributed by atoms with E-state index in [9.17, 15) is 51.3 Å². The molecule has 4 rings (SSSR count). The number of phenols is 1. The number of aromatic hydroxyl groups is 1. The highest BCUT2D eigenvalue weighted by Crippen LogP contribution is 2.50. The molecule has 1 saturated heterocycles. The van der Waals surface area contributed by atoms with Crippen molar-refractivity contribution in [2.75, 3.05) is 11.5 Å². The highest BCUT2D eigenvalue weighted by molar-refractivity contribution is 6.22. The Morgan fingerprint density at radius 3 is 2.04 bits per heavy atom. The molecule has 1 aliphatic carbocycles. The van der Waals surface area contributed by atoms with Crippen molar-refractivity contribution in [1.29, 1.82) is 0 Å². The summed E-state index contributed by atoms with van der Waals surface area (Å²) in [6.45, 7) is 4.88. The van der Waals surface area contributed by atoms with Gasteiger partial charge in [-0.05, 0) is 73.1 Å². The second kappa shape index (κ2) is 13.0. The predicted octanol–water partition coefficient (Wildman–Crippen LogP) is 7.13. The van der Waals surface area contributed by atoms with Crippen molar-refractivity contribution in [2.24, 2.45) is 23.7 Å². The molecule has 2 aromatic rings. The summed E-state index contributed by atoms with van der Waals surface area (Å²) in [5, 5.41) is 31.5. The van der Waals surface area contributed by atoms with E-state index in [1.165, 1.54) is 0 Å². The standard InChI is InChI=1S/C33H35F6NO5/c1-4-18(11-19-5-8-23(42)9-6-19)7-10-27(43)28-24(17(2)3)15-25-29(26(28)16-41)31(45)40(30(25)44)22-13-20(32(34,35)36)12-21(14-22)33(37,38)39/h5-6,8-9,11-14,17,25-27,29,41-43H,4,7,10,15-16H2,1-3H3/b18-11+/t25-,26+,27-,29-/m1/s1. The highest BCUT2D eigenvalue weighted by Gasteiger charge is 2.56. The van der Waals surface area contributed by atoms with E-state index < -0.39 is 71.4 Å². The van der Waals surface area contributed by atoms with Gasteiger partial charge in [0, 0.05) is 5.92 Å². The van der Waals surface area contributed by atoms with Crippen LogP contribution in [-0.2, 0) is 21.9 Å². The molecule has 0 unspecified atom stereocenters. The number of alkyl halides is 6. The number of rotatable bonds is 9. The van der Waals surface area contributed by atoms with Crippen molar-refractivity contribution >= 4 is 23.6 Å². The number of hydrogen-bond acceptors (Lipinski definition) is 5. The number of allylic oxidation sites excluding steroid dienone is 2. The number of hydrogen-bond donors (Lipinski definition) is 3. The molecule has 0 bridgehead atoms. The fourth-order valence-electron chi connectivity index (χ4n) is 6.40. The van der Waals surface area contributed by atoms with Crippen molar-refractivity contribution in [2.45, 2.75) is 64.9 Å². The highest BCUT2D eigenvalue weighted by atomic mass is 19.4. The number of benzene rings is 2. The lowest BCUT2D eigenvalue weighted by Gasteiger charge is -2.38. The normalized spacial score (nSPS) is 22.0. The second-order valence-electron chi connectivity index (χ2n) is 11.8. The van der Waals surface area contributed by atoms with Crippen molar-refractivity contribution in [3.63, 3.8) is 0 Å². The molecule has 3 N–H and O–H groups in total. The topological polar surface area (TPSA) is 98.1 Å². The van der Waals surface area contributed by atoms with Gasteiger partial charge in [0.05, 0.1) is 41.4 Å². The van der Waals surface area contributed by atoms with Crippen molar-refractivity contribution in [3.8, 4) is 5.75 Å². The number of carbonyl (C=O) groups is 2. The van der Waals surface area contributed by atoms with Crippen molar-refractivity contribution < 1.29 is 51.3 Å². The quantitative estimate of drug-likeness (QED) is 0.154. The molecule has 0 radical (unpaired) electrons. The summed E-state index contributed by atoms with van der Waals surface area (Å²) in [6, 6.07) is 7.17. The number of carbonyl (C=O) groups excluding carboxylic acids is 2. The van der Waals surface area contributed by atoms with Gasteiger partial charge < -0.3 is 15.3 Å². The van der Waals surface area contributed by atoms with E-state index in [1.54, 1.807) is 38.1 Å². The second-order valence-corrected chi connectivity index (χ2v) is 11.8. The molecule has 0 spiro atoms. The molecule has 4 atom stereocenters. The number of halogens is 6. The fourth-order valence-corrected chi connectivity index (χ4v) is 6.40. The average Bonchev–Trinajstić information content (AvgIpc) is 3.22. The zero-order valence-corrected chi connectivity index (χ0v) is 24.9. The Labute approximate surface area is 256 Å². The van der Waals surface area contributed by atoms with Gasteiger partial charge in [-0.15, -0.1) is 0 Å². The third kappa shape index (κ3) is 7.12. The van der Waals surface area contributed by atoms with Gasteiger partial charge in [0.15, 0.2) is 0 Å². The number of nitrogens with zero attached hydrogens (tertiary/aromatic N) is 1. The monoisotopic (exact) mass is 639 g/mol. The molecule has 6 nitrogen and oxygen atoms in total. The molecule has 0 aromatic heterocycles. The number of anilines is 1. The van der Waals surface area contributed by atoms with Gasteiger partial charge in [0.25, 0.3) is 0 Å². The van der Waals surface area contributed by atoms with Crippen LogP contribution >= 0.6 is 0 Å². The Morgan fingerprint density at radius 2 is 1.56 bits per heavy atom. The van der Waals surface area contributed by atoms with E-state index in [0.29, 0.717) is 41.0 Å². The Bertz CT molecular complexity index is 1460. The van der Waals surface area contributed by atoms with Crippen LogP contribution in [0.5, 0.6) is 5.75 Å². The number of aliphatic hydroxyl groups is 2. The lowest BCUT2D eigenvalue weighted by molar-refractivity contribution is -0.143. The van der Waals surface area contributed by atoms with E-state index in [2.05, 4.69) is 0 Å². The third-order valence-corrected chi connectivity index (χ3v) is 8.66.